The van der Waals surface area contributed by atoms with E-state index in [9.17, 15) is 0 Å². The molecule has 0 bridgehead atoms. The van der Waals surface area contributed by atoms with Crippen LogP contribution in [0.1, 0.15) is 18.0 Å². The molecule has 0 unspecified atom stereocenters. The van der Waals surface area contributed by atoms with Gasteiger partial charge in [-0.3, -0.25) is 0 Å². The van der Waals surface area contributed by atoms with Crippen LogP contribution in [0, 0.1) is 0 Å². The third-order valence-electron chi connectivity index (χ3n) is 3.15. The largest absolute Gasteiger partial charge is 0.383 e. The Kier molecular flexibility index (Phi) is 5.28. The van der Waals surface area contributed by atoms with Gasteiger partial charge in [0.1, 0.15) is 5.01 Å². The van der Waals surface area contributed by atoms with Crippen LogP contribution >= 0.6 is 23.6 Å². The van der Waals surface area contributed by atoms with Gasteiger partial charge >= 0.3 is 0 Å². The molecule has 2 rings (SSSR count). The highest BCUT2D eigenvalue weighted by molar-refractivity contribution is 7.80. The van der Waals surface area contributed by atoms with E-state index in [2.05, 4.69) is 23.3 Å². The normalized spacial score (nSPS) is 12.3. The van der Waals surface area contributed by atoms with Crippen molar-refractivity contribution in [1.82, 2.24) is 15.2 Å². The molecule has 0 spiro atoms. The number of thiazole rings is 1. The lowest BCUT2D eigenvalue weighted by atomic mass is 10.3. The predicted molar refractivity (Wildman–Crippen MR) is 88.3 cm³/mol. The Balaban J connectivity index is 2.05. The Morgan fingerprint density at radius 2 is 2.25 bits per heavy atom. The number of aromatic nitrogens is 1. The lowest BCUT2D eigenvalue weighted by Gasteiger charge is -2.26. The van der Waals surface area contributed by atoms with E-state index in [1.807, 2.05) is 30.1 Å². The molecule has 108 valence electrons. The van der Waals surface area contributed by atoms with Gasteiger partial charge in [-0.1, -0.05) is 12.1 Å². The summed E-state index contributed by atoms with van der Waals surface area (Å²) in [5.74, 6) is 0. The van der Waals surface area contributed by atoms with Gasteiger partial charge in [0.05, 0.1) is 22.9 Å². The molecule has 0 amide bonds. The number of benzene rings is 1. The van der Waals surface area contributed by atoms with Crippen molar-refractivity contribution in [2.45, 2.75) is 13.0 Å². The summed E-state index contributed by atoms with van der Waals surface area (Å²) in [6.07, 6.45) is 0. The predicted octanol–water partition coefficient (Wildman–Crippen LogP) is 2.81. The van der Waals surface area contributed by atoms with E-state index in [1.54, 1.807) is 18.4 Å². The molecular formula is C14H19N3OS2. The van der Waals surface area contributed by atoms with Crippen LogP contribution in [0.3, 0.4) is 0 Å². The molecule has 20 heavy (non-hydrogen) atoms. The number of methoxy groups -OCH3 is 1. The SMILES string of the molecule is COCCNC(=S)N(C)[C@H](C)c1nc2ccccc2s1. The van der Waals surface area contributed by atoms with Gasteiger partial charge in [0.2, 0.25) is 0 Å². The minimum Gasteiger partial charge on any atom is -0.383 e. The summed E-state index contributed by atoms with van der Waals surface area (Å²) in [7, 11) is 3.66. The van der Waals surface area contributed by atoms with Crippen molar-refractivity contribution in [2.24, 2.45) is 0 Å². The number of para-hydroxylation sites is 1. The van der Waals surface area contributed by atoms with Crippen LogP contribution < -0.4 is 5.32 Å². The molecule has 1 heterocycles. The van der Waals surface area contributed by atoms with Gasteiger partial charge in [-0.25, -0.2) is 4.98 Å². The zero-order valence-corrected chi connectivity index (χ0v) is 13.6. The van der Waals surface area contributed by atoms with Crippen LogP contribution in [0.25, 0.3) is 10.2 Å². The average Bonchev–Trinajstić information content (AvgIpc) is 2.89. The molecule has 0 fully saturated rings. The molecule has 2 aromatic rings. The molecule has 0 aliphatic rings. The number of fused-ring (bicyclic) bond motifs is 1. The van der Waals surface area contributed by atoms with E-state index >= 15 is 0 Å². The zero-order chi connectivity index (χ0) is 14.5. The smallest absolute Gasteiger partial charge is 0.169 e. The van der Waals surface area contributed by atoms with Crippen molar-refractivity contribution < 1.29 is 4.74 Å². The van der Waals surface area contributed by atoms with Crippen LogP contribution in [0.5, 0.6) is 0 Å². The summed E-state index contributed by atoms with van der Waals surface area (Å²) in [4.78, 5) is 6.71. The summed E-state index contributed by atoms with van der Waals surface area (Å²) < 4.78 is 6.22. The van der Waals surface area contributed by atoms with E-state index in [4.69, 9.17) is 17.0 Å². The minimum absolute atomic E-state index is 0.148. The van der Waals surface area contributed by atoms with Gasteiger partial charge in [-0.2, -0.15) is 0 Å². The summed E-state index contributed by atoms with van der Waals surface area (Å²) in [5.41, 5.74) is 1.05. The van der Waals surface area contributed by atoms with Crippen molar-refractivity contribution >= 4 is 38.9 Å². The molecule has 1 atom stereocenters. The second kappa shape index (κ2) is 6.97. The molecule has 0 aliphatic heterocycles. The molecule has 4 nitrogen and oxygen atoms in total. The molecule has 6 heteroatoms. The van der Waals surface area contributed by atoms with Gasteiger partial charge in [0.25, 0.3) is 0 Å². The van der Waals surface area contributed by atoms with Crippen LogP contribution in [0.15, 0.2) is 24.3 Å². The monoisotopic (exact) mass is 309 g/mol. The van der Waals surface area contributed by atoms with Crippen LogP contribution in [0.2, 0.25) is 0 Å². The van der Waals surface area contributed by atoms with Crippen molar-refractivity contribution in [3.05, 3.63) is 29.3 Å². The summed E-state index contributed by atoms with van der Waals surface area (Å²) >= 11 is 7.10. The third kappa shape index (κ3) is 3.45. The van der Waals surface area contributed by atoms with Crippen molar-refractivity contribution in [2.75, 3.05) is 27.3 Å². The van der Waals surface area contributed by atoms with Crippen LogP contribution in [0.4, 0.5) is 0 Å². The fourth-order valence-electron chi connectivity index (χ4n) is 1.79. The Labute approximate surface area is 128 Å². The van der Waals surface area contributed by atoms with E-state index in [0.717, 1.165) is 10.5 Å². The topological polar surface area (TPSA) is 37.4 Å². The second-order valence-corrected chi connectivity index (χ2v) is 5.98. The highest BCUT2D eigenvalue weighted by Gasteiger charge is 2.18. The molecule has 1 aromatic carbocycles. The average molecular weight is 309 g/mol. The first-order valence-electron chi connectivity index (χ1n) is 6.48. The van der Waals surface area contributed by atoms with Crippen molar-refractivity contribution in [3.8, 4) is 0 Å². The molecule has 0 radical (unpaired) electrons. The quantitative estimate of drug-likeness (QED) is 0.679. The highest BCUT2D eigenvalue weighted by atomic mass is 32.1. The first-order chi connectivity index (χ1) is 9.63. The summed E-state index contributed by atoms with van der Waals surface area (Å²) in [6.45, 7) is 3.47. The number of ether oxygens (including phenoxy) is 1. The van der Waals surface area contributed by atoms with Crippen LogP contribution in [-0.4, -0.2) is 42.3 Å². The van der Waals surface area contributed by atoms with Gasteiger partial charge in [0, 0.05) is 20.7 Å². The number of nitrogens with one attached hydrogen (secondary N) is 1. The Morgan fingerprint density at radius 1 is 1.50 bits per heavy atom. The van der Waals surface area contributed by atoms with Gasteiger partial charge in [0.15, 0.2) is 5.11 Å². The Hall–Kier alpha value is -1.24. The number of hydrogen-bond acceptors (Lipinski definition) is 4. The first-order valence-corrected chi connectivity index (χ1v) is 7.71. The number of rotatable bonds is 5. The standard InChI is InChI=1S/C14H19N3OS2/c1-10(17(2)14(19)15-8-9-18-3)13-16-11-6-4-5-7-12(11)20-13/h4-7,10H,8-9H2,1-3H3,(H,15,19)/t10-/m1/s1. The number of nitrogens with zero attached hydrogens (tertiary/aromatic N) is 2. The van der Waals surface area contributed by atoms with Crippen LogP contribution in [-0.2, 0) is 4.74 Å². The minimum atomic E-state index is 0.148. The molecule has 1 N–H and O–H groups in total. The fourth-order valence-corrected chi connectivity index (χ4v) is 3.12. The Morgan fingerprint density at radius 3 is 2.95 bits per heavy atom. The molecular weight excluding hydrogens is 290 g/mol. The van der Waals surface area contributed by atoms with E-state index in [1.165, 1.54) is 4.70 Å². The summed E-state index contributed by atoms with van der Waals surface area (Å²) in [6, 6.07) is 8.33. The lowest BCUT2D eigenvalue weighted by Crippen LogP contribution is -2.39. The van der Waals surface area contributed by atoms with E-state index < -0.39 is 0 Å². The maximum atomic E-state index is 5.38. The van der Waals surface area contributed by atoms with Crippen molar-refractivity contribution in [1.29, 1.82) is 0 Å². The highest BCUT2D eigenvalue weighted by Crippen LogP contribution is 2.28. The zero-order valence-electron chi connectivity index (χ0n) is 11.9. The van der Waals surface area contributed by atoms with E-state index in [0.29, 0.717) is 18.3 Å². The third-order valence-corrected chi connectivity index (χ3v) is 4.79. The maximum Gasteiger partial charge on any atom is 0.169 e. The molecule has 0 saturated heterocycles. The fraction of sp³-hybridized carbons (Fsp3) is 0.429. The molecule has 1 aromatic heterocycles. The number of hydrogen-bond donors (Lipinski definition) is 1. The van der Waals surface area contributed by atoms with Crippen molar-refractivity contribution in [3.63, 3.8) is 0 Å². The number of thiocarbonyl (C=S) groups is 1. The second-order valence-electron chi connectivity index (χ2n) is 4.53. The first kappa shape index (κ1) is 15.2. The van der Waals surface area contributed by atoms with Gasteiger partial charge in [-0.05, 0) is 31.3 Å². The lowest BCUT2D eigenvalue weighted by molar-refractivity contribution is 0.202. The molecule has 0 saturated carbocycles. The maximum absolute atomic E-state index is 5.38. The van der Waals surface area contributed by atoms with E-state index in [-0.39, 0.29) is 6.04 Å². The molecule has 0 aliphatic carbocycles. The Bertz CT molecular complexity index is 552. The van der Waals surface area contributed by atoms with Gasteiger partial charge in [-0.15, -0.1) is 11.3 Å². The van der Waals surface area contributed by atoms with Gasteiger partial charge < -0.3 is 15.0 Å². The summed E-state index contributed by atoms with van der Waals surface area (Å²) in [5, 5.41) is 4.97.